The van der Waals surface area contributed by atoms with Gasteiger partial charge in [-0.3, -0.25) is 4.98 Å². The summed E-state index contributed by atoms with van der Waals surface area (Å²) in [7, 11) is 0. The number of aromatic nitrogens is 2. The van der Waals surface area contributed by atoms with Gasteiger partial charge in [-0.2, -0.15) is 0 Å². The van der Waals surface area contributed by atoms with Crippen LogP contribution in [0, 0.1) is 20.8 Å². The van der Waals surface area contributed by atoms with E-state index >= 15 is 0 Å². The van der Waals surface area contributed by atoms with Gasteiger partial charge >= 0.3 is 0 Å². The molecule has 5 rings (SSSR count). The second-order valence-electron chi connectivity index (χ2n) is 7.16. The van der Waals surface area contributed by atoms with Crippen molar-refractivity contribution in [3.63, 3.8) is 0 Å². The largest absolute Gasteiger partial charge is 0.361 e. The van der Waals surface area contributed by atoms with Crippen molar-refractivity contribution in [1.82, 2.24) is 10.1 Å². The van der Waals surface area contributed by atoms with Crippen molar-refractivity contribution in [2.75, 3.05) is 10.6 Å². The number of rotatable bonds is 2. The fourth-order valence-electron chi connectivity index (χ4n) is 4.09. The highest BCUT2D eigenvalue weighted by Crippen LogP contribution is 2.45. The molecule has 0 aliphatic carbocycles. The third-order valence-electron chi connectivity index (χ3n) is 5.30. The van der Waals surface area contributed by atoms with E-state index in [0.717, 1.165) is 61.5 Å². The Morgan fingerprint density at radius 1 is 1.04 bits per heavy atom. The number of aryl methyl sites for hydroxylation is 3. The van der Waals surface area contributed by atoms with Gasteiger partial charge in [-0.25, -0.2) is 0 Å². The first kappa shape index (κ1) is 16.8. The molecule has 0 bridgehead atoms. The Bertz CT molecular complexity index is 1210. The first-order valence-corrected chi connectivity index (χ1v) is 9.20. The molecule has 140 valence electrons. The molecular formula is C22H20N4O2. The molecule has 2 aromatic heterocycles. The van der Waals surface area contributed by atoms with E-state index in [4.69, 9.17) is 4.52 Å². The van der Waals surface area contributed by atoms with E-state index in [9.17, 15) is 5.11 Å². The summed E-state index contributed by atoms with van der Waals surface area (Å²) in [4.78, 5) is 4.51. The van der Waals surface area contributed by atoms with E-state index in [1.54, 1.807) is 6.20 Å². The third-order valence-corrected chi connectivity index (χ3v) is 5.30. The molecule has 3 heterocycles. The van der Waals surface area contributed by atoms with Crippen LogP contribution < -0.4 is 10.6 Å². The van der Waals surface area contributed by atoms with Crippen molar-refractivity contribution in [3.05, 3.63) is 59.6 Å². The second-order valence-corrected chi connectivity index (χ2v) is 7.16. The number of anilines is 2. The number of hydrogen-bond acceptors (Lipinski definition) is 6. The number of nitrogens with zero attached hydrogens (tertiary/aromatic N) is 2. The number of nitrogens with one attached hydrogen (secondary N) is 2. The summed E-state index contributed by atoms with van der Waals surface area (Å²) in [5, 5.41) is 21.6. The number of benzene rings is 2. The average Bonchev–Trinajstić information content (AvgIpc) is 3.22. The van der Waals surface area contributed by atoms with Crippen LogP contribution in [0.2, 0.25) is 0 Å². The van der Waals surface area contributed by atoms with Crippen molar-refractivity contribution in [3.8, 4) is 22.3 Å². The minimum Gasteiger partial charge on any atom is -0.361 e. The molecule has 1 atom stereocenters. The SMILES string of the molecule is Cc1ccc2ncccc2c1-c1cc(-c2c(C)noc2C)cc2c1N[C@@H](O)N2. The number of fused-ring (bicyclic) bond motifs is 2. The smallest absolute Gasteiger partial charge is 0.202 e. The summed E-state index contributed by atoms with van der Waals surface area (Å²) < 4.78 is 5.38. The lowest BCUT2D eigenvalue weighted by molar-refractivity contribution is 0.238. The maximum absolute atomic E-state index is 10.2. The zero-order valence-electron chi connectivity index (χ0n) is 15.9. The van der Waals surface area contributed by atoms with Gasteiger partial charge in [-0.1, -0.05) is 17.3 Å². The van der Waals surface area contributed by atoms with Gasteiger partial charge in [0.1, 0.15) is 5.76 Å². The van der Waals surface area contributed by atoms with E-state index in [1.165, 1.54) is 0 Å². The van der Waals surface area contributed by atoms with Gasteiger partial charge in [-0.15, -0.1) is 0 Å². The lowest BCUT2D eigenvalue weighted by Gasteiger charge is -2.16. The van der Waals surface area contributed by atoms with E-state index in [2.05, 4.69) is 45.9 Å². The van der Waals surface area contributed by atoms with Crippen LogP contribution in [-0.2, 0) is 0 Å². The molecule has 0 unspecified atom stereocenters. The monoisotopic (exact) mass is 372 g/mol. The molecule has 6 nitrogen and oxygen atoms in total. The quantitative estimate of drug-likeness (QED) is 0.477. The topological polar surface area (TPSA) is 83.2 Å². The molecule has 1 aliphatic heterocycles. The molecule has 3 N–H and O–H groups in total. The summed E-state index contributed by atoms with van der Waals surface area (Å²) in [6.07, 6.45) is 0.970. The average molecular weight is 372 g/mol. The second kappa shape index (κ2) is 6.07. The Balaban J connectivity index is 1.85. The molecule has 2 aromatic carbocycles. The molecule has 0 spiro atoms. The van der Waals surface area contributed by atoms with Gasteiger partial charge in [0.15, 0.2) is 0 Å². The molecule has 0 amide bonds. The first-order chi connectivity index (χ1) is 13.5. The number of aliphatic hydroxyl groups excluding tert-OH is 1. The van der Waals surface area contributed by atoms with E-state index < -0.39 is 6.35 Å². The Labute approximate surface area is 162 Å². The van der Waals surface area contributed by atoms with Crippen LogP contribution in [0.5, 0.6) is 0 Å². The molecule has 28 heavy (non-hydrogen) atoms. The van der Waals surface area contributed by atoms with Crippen LogP contribution in [0.15, 0.2) is 47.1 Å². The van der Waals surface area contributed by atoms with Gasteiger partial charge in [-0.05, 0) is 61.7 Å². The maximum Gasteiger partial charge on any atom is 0.202 e. The summed E-state index contributed by atoms with van der Waals surface area (Å²) in [5.41, 5.74) is 8.71. The number of hydrogen-bond donors (Lipinski definition) is 3. The standard InChI is InChI=1S/C22H20N4O2/c1-11-6-7-17-15(5-4-8-23-17)19(11)16-9-14(20-12(2)26-28-13(20)3)10-18-21(16)25-22(27)24-18/h4-10,22,24-25,27H,1-3H3/t22-/m0/s1. The van der Waals surface area contributed by atoms with Crippen molar-refractivity contribution in [1.29, 1.82) is 0 Å². The highest BCUT2D eigenvalue weighted by molar-refractivity contribution is 6.04. The van der Waals surface area contributed by atoms with Gasteiger partial charge in [0.25, 0.3) is 0 Å². The normalized spacial score (nSPS) is 15.4. The fraction of sp³-hybridized carbons (Fsp3) is 0.182. The Hall–Kier alpha value is -3.38. The van der Waals surface area contributed by atoms with Crippen molar-refractivity contribution < 1.29 is 9.63 Å². The van der Waals surface area contributed by atoms with Crippen LogP contribution in [0.1, 0.15) is 17.0 Å². The summed E-state index contributed by atoms with van der Waals surface area (Å²) >= 11 is 0. The minimum atomic E-state index is -0.831. The maximum atomic E-state index is 10.2. The minimum absolute atomic E-state index is 0.770. The third kappa shape index (κ3) is 2.46. The van der Waals surface area contributed by atoms with Gasteiger partial charge < -0.3 is 20.3 Å². The summed E-state index contributed by atoms with van der Waals surface area (Å²) in [5.74, 6) is 0.770. The van der Waals surface area contributed by atoms with Gasteiger partial charge in [0, 0.05) is 22.7 Å². The molecule has 6 heteroatoms. The Morgan fingerprint density at radius 2 is 1.89 bits per heavy atom. The molecule has 4 aromatic rings. The predicted octanol–water partition coefficient (Wildman–Crippen LogP) is 4.60. The highest BCUT2D eigenvalue weighted by Gasteiger charge is 2.25. The van der Waals surface area contributed by atoms with Crippen molar-refractivity contribution in [2.45, 2.75) is 27.1 Å². The molecule has 0 fully saturated rings. The van der Waals surface area contributed by atoms with E-state index in [-0.39, 0.29) is 0 Å². The predicted molar refractivity (Wildman–Crippen MR) is 110 cm³/mol. The summed E-state index contributed by atoms with van der Waals surface area (Å²) in [6.45, 7) is 5.94. The van der Waals surface area contributed by atoms with E-state index in [0.29, 0.717) is 0 Å². The fourth-order valence-corrected chi connectivity index (χ4v) is 4.09. The van der Waals surface area contributed by atoms with Crippen LogP contribution >= 0.6 is 0 Å². The molecule has 1 aliphatic rings. The van der Waals surface area contributed by atoms with Crippen LogP contribution in [-0.4, -0.2) is 21.6 Å². The lowest BCUT2D eigenvalue weighted by atomic mass is 9.91. The number of pyridine rings is 1. The Kier molecular flexibility index (Phi) is 3.64. The van der Waals surface area contributed by atoms with Crippen LogP contribution in [0.25, 0.3) is 33.2 Å². The molecule has 0 radical (unpaired) electrons. The molecule has 0 saturated heterocycles. The first-order valence-electron chi connectivity index (χ1n) is 9.20. The van der Waals surface area contributed by atoms with Gasteiger partial charge in [0.05, 0.1) is 22.6 Å². The lowest BCUT2D eigenvalue weighted by Crippen LogP contribution is -2.20. The van der Waals surface area contributed by atoms with Crippen LogP contribution in [0.4, 0.5) is 11.4 Å². The van der Waals surface area contributed by atoms with Gasteiger partial charge in [0.2, 0.25) is 6.35 Å². The van der Waals surface area contributed by atoms with E-state index in [1.807, 2.05) is 32.0 Å². The number of aliphatic hydroxyl groups is 1. The summed E-state index contributed by atoms with van der Waals surface area (Å²) in [6, 6.07) is 12.3. The molecular weight excluding hydrogens is 352 g/mol. The van der Waals surface area contributed by atoms with Crippen molar-refractivity contribution >= 4 is 22.3 Å². The Morgan fingerprint density at radius 3 is 2.68 bits per heavy atom. The van der Waals surface area contributed by atoms with Crippen LogP contribution in [0.3, 0.4) is 0 Å². The highest BCUT2D eigenvalue weighted by atomic mass is 16.5. The zero-order valence-corrected chi connectivity index (χ0v) is 15.9. The zero-order chi connectivity index (χ0) is 19.4. The molecule has 0 saturated carbocycles. The van der Waals surface area contributed by atoms with Crippen molar-refractivity contribution in [2.24, 2.45) is 0 Å².